The van der Waals surface area contributed by atoms with Gasteiger partial charge in [0, 0.05) is 13.0 Å². The first-order valence-electron chi connectivity index (χ1n) is 6.52. The molecule has 0 amide bonds. The summed E-state index contributed by atoms with van der Waals surface area (Å²) in [5, 5.41) is 12.0. The van der Waals surface area contributed by atoms with Gasteiger partial charge in [0.1, 0.15) is 17.4 Å². The molecule has 1 aliphatic heterocycles. The Kier molecular flexibility index (Phi) is 3.15. The van der Waals surface area contributed by atoms with Crippen LogP contribution in [0.1, 0.15) is 43.2 Å². The van der Waals surface area contributed by atoms with Gasteiger partial charge in [0.15, 0.2) is 0 Å². The highest BCUT2D eigenvalue weighted by Crippen LogP contribution is 2.19. The van der Waals surface area contributed by atoms with Crippen molar-refractivity contribution in [3.05, 3.63) is 35.8 Å². The number of fused-ring (bicyclic) bond motifs is 1. The molecule has 3 heterocycles. The van der Waals surface area contributed by atoms with E-state index in [2.05, 4.69) is 27.0 Å². The molecule has 2 aromatic heterocycles. The van der Waals surface area contributed by atoms with Crippen LogP contribution in [0.5, 0.6) is 0 Å². The fourth-order valence-electron chi connectivity index (χ4n) is 2.41. The molecule has 0 unspecified atom stereocenters. The van der Waals surface area contributed by atoms with Crippen LogP contribution in [0.25, 0.3) is 0 Å². The molecule has 1 N–H and O–H groups in total. The van der Waals surface area contributed by atoms with Gasteiger partial charge in [0.05, 0.1) is 18.8 Å². The zero-order valence-corrected chi connectivity index (χ0v) is 10.6. The lowest BCUT2D eigenvalue weighted by atomic mass is 10.1. The van der Waals surface area contributed by atoms with Gasteiger partial charge in [0.25, 0.3) is 0 Å². The van der Waals surface area contributed by atoms with Crippen LogP contribution in [-0.2, 0) is 19.5 Å². The molecule has 0 saturated carbocycles. The fraction of sp³-hybridized carbons (Fsp3) is 0.538. The monoisotopic (exact) mass is 246 g/mol. The van der Waals surface area contributed by atoms with Crippen molar-refractivity contribution in [1.29, 1.82) is 0 Å². The maximum atomic E-state index is 5.31. The van der Waals surface area contributed by atoms with Gasteiger partial charge in [-0.25, -0.2) is 0 Å². The first-order chi connectivity index (χ1) is 8.84. The SMILES string of the molecule is C[C@@H](NCc1ccco1)c1nnc2n1CCCC2. The van der Waals surface area contributed by atoms with Gasteiger partial charge in [-0.1, -0.05) is 0 Å². The molecular formula is C13H18N4O. The predicted octanol–water partition coefficient (Wildman–Crippen LogP) is 2.06. The van der Waals surface area contributed by atoms with Crippen molar-refractivity contribution in [3.8, 4) is 0 Å². The maximum absolute atomic E-state index is 5.31. The minimum absolute atomic E-state index is 0.189. The third-order valence-electron chi connectivity index (χ3n) is 3.44. The summed E-state index contributed by atoms with van der Waals surface area (Å²) in [6.45, 7) is 3.88. The van der Waals surface area contributed by atoms with Gasteiger partial charge in [-0.05, 0) is 31.9 Å². The number of aromatic nitrogens is 3. The van der Waals surface area contributed by atoms with E-state index in [0.29, 0.717) is 0 Å². The molecule has 3 rings (SSSR count). The highest BCUT2D eigenvalue weighted by Gasteiger charge is 2.19. The van der Waals surface area contributed by atoms with Crippen LogP contribution in [0.3, 0.4) is 0 Å². The first-order valence-corrected chi connectivity index (χ1v) is 6.52. The third-order valence-corrected chi connectivity index (χ3v) is 3.44. The number of nitrogens with one attached hydrogen (secondary N) is 1. The Labute approximate surface area is 106 Å². The van der Waals surface area contributed by atoms with Crippen molar-refractivity contribution >= 4 is 0 Å². The summed E-state index contributed by atoms with van der Waals surface area (Å²) in [4.78, 5) is 0. The minimum Gasteiger partial charge on any atom is -0.468 e. The van der Waals surface area contributed by atoms with Crippen molar-refractivity contribution in [2.45, 2.75) is 45.3 Å². The third kappa shape index (κ3) is 2.18. The van der Waals surface area contributed by atoms with Crippen molar-refractivity contribution in [3.63, 3.8) is 0 Å². The molecule has 0 spiro atoms. The Balaban J connectivity index is 1.68. The normalized spacial score (nSPS) is 16.5. The van der Waals surface area contributed by atoms with Crippen molar-refractivity contribution in [2.24, 2.45) is 0 Å². The zero-order valence-electron chi connectivity index (χ0n) is 10.6. The molecule has 1 aliphatic rings. The van der Waals surface area contributed by atoms with Crippen LogP contribution < -0.4 is 5.32 Å². The second-order valence-electron chi connectivity index (χ2n) is 4.77. The van der Waals surface area contributed by atoms with Gasteiger partial charge in [-0.15, -0.1) is 10.2 Å². The lowest BCUT2D eigenvalue weighted by Crippen LogP contribution is -2.23. The average molecular weight is 246 g/mol. The number of rotatable bonds is 4. The van der Waals surface area contributed by atoms with Gasteiger partial charge < -0.3 is 14.3 Å². The van der Waals surface area contributed by atoms with E-state index < -0.39 is 0 Å². The molecule has 96 valence electrons. The molecule has 0 saturated heterocycles. The van der Waals surface area contributed by atoms with E-state index in [-0.39, 0.29) is 6.04 Å². The lowest BCUT2D eigenvalue weighted by molar-refractivity contribution is 0.432. The molecule has 18 heavy (non-hydrogen) atoms. The Bertz CT molecular complexity index is 503. The quantitative estimate of drug-likeness (QED) is 0.897. The second-order valence-corrected chi connectivity index (χ2v) is 4.77. The highest BCUT2D eigenvalue weighted by molar-refractivity contribution is 5.04. The molecule has 5 nitrogen and oxygen atoms in total. The largest absolute Gasteiger partial charge is 0.468 e. The van der Waals surface area contributed by atoms with E-state index in [1.165, 1.54) is 12.8 Å². The molecule has 0 bridgehead atoms. The topological polar surface area (TPSA) is 55.9 Å². The Morgan fingerprint density at radius 1 is 1.44 bits per heavy atom. The van der Waals surface area contributed by atoms with Gasteiger partial charge in [-0.3, -0.25) is 0 Å². The summed E-state index contributed by atoms with van der Waals surface area (Å²) in [6.07, 6.45) is 5.20. The number of nitrogens with zero attached hydrogens (tertiary/aromatic N) is 3. The first kappa shape index (κ1) is 11.5. The van der Waals surface area contributed by atoms with Crippen molar-refractivity contribution < 1.29 is 4.42 Å². The maximum Gasteiger partial charge on any atom is 0.149 e. The summed E-state index contributed by atoms with van der Waals surface area (Å²) in [5.41, 5.74) is 0. The van der Waals surface area contributed by atoms with Crippen LogP contribution in [0.4, 0.5) is 0 Å². The van der Waals surface area contributed by atoms with E-state index >= 15 is 0 Å². The number of hydrogen-bond acceptors (Lipinski definition) is 4. The number of furan rings is 1. The fourth-order valence-corrected chi connectivity index (χ4v) is 2.41. The molecule has 0 aromatic carbocycles. The van der Waals surface area contributed by atoms with E-state index in [1.54, 1.807) is 6.26 Å². The van der Waals surface area contributed by atoms with Crippen LogP contribution in [-0.4, -0.2) is 14.8 Å². The summed E-state index contributed by atoms with van der Waals surface area (Å²) < 4.78 is 7.56. The number of aryl methyl sites for hydroxylation is 1. The minimum atomic E-state index is 0.189. The van der Waals surface area contributed by atoms with E-state index in [9.17, 15) is 0 Å². The number of hydrogen-bond donors (Lipinski definition) is 1. The summed E-state index contributed by atoms with van der Waals surface area (Å²) in [7, 11) is 0. The predicted molar refractivity (Wildman–Crippen MR) is 66.9 cm³/mol. The summed E-state index contributed by atoms with van der Waals surface area (Å²) in [6, 6.07) is 4.06. The molecule has 1 atom stereocenters. The highest BCUT2D eigenvalue weighted by atomic mass is 16.3. The average Bonchev–Trinajstić information content (AvgIpc) is 3.05. The zero-order chi connectivity index (χ0) is 12.4. The van der Waals surface area contributed by atoms with Crippen LogP contribution in [0.15, 0.2) is 22.8 Å². The van der Waals surface area contributed by atoms with Crippen LogP contribution >= 0.6 is 0 Å². The Hall–Kier alpha value is -1.62. The van der Waals surface area contributed by atoms with E-state index in [4.69, 9.17) is 4.42 Å². The van der Waals surface area contributed by atoms with Crippen molar-refractivity contribution in [1.82, 2.24) is 20.1 Å². The molecule has 5 heteroatoms. The lowest BCUT2D eigenvalue weighted by Gasteiger charge is -2.18. The second kappa shape index (κ2) is 4.94. The molecule has 2 aromatic rings. The van der Waals surface area contributed by atoms with E-state index in [1.807, 2.05) is 12.1 Å². The summed E-state index contributed by atoms with van der Waals surface area (Å²) >= 11 is 0. The summed E-state index contributed by atoms with van der Waals surface area (Å²) in [5.74, 6) is 3.11. The Morgan fingerprint density at radius 2 is 2.39 bits per heavy atom. The van der Waals surface area contributed by atoms with Crippen LogP contribution in [0.2, 0.25) is 0 Å². The molecule has 0 fully saturated rings. The van der Waals surface area contributed by atoms with Gasteiger partial charge in [-0.2, -0.15) is 0 Å². The van der Waals surface area contributed by atoms with Gasteiger partial charge in [0.2, 0.25) is 0 Å². The van der Waals surface area contributed by atoms with Gasteiger partial charge >= 0.3 is 0 Å². The Morgan fingerprint density at radius 3 is 3.22 bits per heavy atom. The molecule has 0 aliphatic carbocycles. The van der Waals surface area contributed by atoms with Crippen molar-refractivity contribution in [2.75, 3.05) is 0 Å². The smallest absolute Gasteiger partial charge is 0.149 e. The molecular weight excluding hydrogens is 228 g/mol. The molecule has 0 radical (unpaired) electrons. The van der Waals surface area contributed by atoms with E-state index in [0.717, 1.165) is 36.9 Å². The standard InChI is InChI=1S/C13H18N4O/c1-10(14-9-11-5-4-8-18-11)13-16-15-12-6-2-3-7-17(12)13/h4-5,8,10,14H,2-3,6-7,9H2,1H3/t10-/m1/s1. The van der Waals surface area contributed by atoms with Crippen LogP contribution in [0, 0.1) is 0 Å².